The second kappa shape index (κ2) is 6.39. The van der Waals surface area contributed by atoms with Crippen molar-refractivity contribution in [2.45, 2.75) is 26.3 Å². The van der Waals surface area contributed by atoms with Crippen LogP contribution in [0.2, 0.25) is 0 Å². The molecule has 0 aliphatic heterocycles. The van der Waals surface area contributed by atoms with Gasteiger partial charge in [0.05, 0.1) is 12.6 Å². The van der Waals surface area contributed by atoms with Crippen LogP contribution in [0.1, 0.15) is 36.6 Å². The average molecular weight is 255 g/mol. The molecule has 2 N–H and O–H groups in total. The summed E-state index contributed by atoms with van der Waals surface area (Å²) in [6.45, 7) is 4.81. The van der Waals surface area contributed by atoms with E-state index in [1.807, 2.05) is 31.2 Å². The van der Waals surface area contributed by atoms with E-state index >= 15 is 0 Å². The first-order chi connectivity index (χ1) is 9.24. The summed E-state index contributed by atoms with van der Waals surface area (Å²) in [6, 6.07) is 16.4. The number of nitrogens with two attached hydrogens (primary N) is 1. The second-order valence-corrected chi connectivity index (χ2v) is 4.58. The van der Waals surface area contributed by atoms with Gasteiger partial charge in [-0.3, -0.25) is 0 Å². The zero-order valence-corrected chi connectivity index (χ0v) is 11.6. The van der Waals surface area contributed by atoms with Crippen LogP contribution < -0.4 is 10.5 Å². The summed E-state index contributed by atoms with van der Waals surface area (Å²) >= 11 is 0. The highest BCUT2D eigenvalue weighted by Gasteiger charge is 2.10. The fourth-order valence-corrected chi connectivity index (χ4v) is 2.16. The molecule has 2 nitrogen and oxygen atoms in total. The van der Waals surface area contributed by atoms with Gasteiger partial charge in [0.15, 0.2) is 0 Å². The molecule has 1 atom stereocenters. The molecule has 19 heavy (non-hydrogen) atoms. The maximum absolute atomic E-state index is 6.35. The van der Waals surface area contributed by atoms with Crippen LogP contribution in [-0.2, 0) is 6.42 Å². The quantitative estimate of drug-likeness (QED) is 0.884. The topological polar surface area (TPSA) is 35.2 Å². The minimum Gasteiger partial charge on any atom is -0.494 e. The molecule has 2 aromatic carbocycles. The zero-order chi connectivity index (χ0) is 13.7. The molecule has 0 aliphatic rings. The minimum atomic E-state index is -0.105. The van der Waals surface area contributed by atoms with Crippen molar-refractivity contribution in [1.82, 2.24) is 0 Å². The summed E-state index contributed by atoms with van der Waals surface area (Å²) in [5.41, 5.74) is 9.89. The summed E-state index contributed by atoms with van der Waals surface area (Å²) in [7, 11) is 0. The smallest absolute Gasteiger partial charge is 0.119 e. The molecule has 0 saturated carbocycles. The molecule has 0 fully saturated rings. The molecule has 0 aliphatic carbocycles. The van der Waals surface area contributed by atoms with Crippen LogP contribution in [-0.4, -0.2) is 6.61 Å². The normalized spacial score (nSPS) is 12.2. The summed E-state index contributed by atoms with van der Waals surface area (Å²) in [5.74, 6) is 0.877. The lowest BCUT2D eigenvalue weighted by atomic mass is 9.97. The number of rotatable bonds is 5. The molecule has 0 heterocycles. The predicted molar refractivity (Wildman–Crippen MR) is 79.5 cm³/mol. The molecule has 2 heteroatoms. The van der Waals surface area contributed by atoms with Gasteiger partial charge in [0.1, 0.15) is 5.75 Å². The van der Waals surface area contributed by atoms with Crippen LogP contribution in [0.4, 0.5) is 0 Å². The van der Waals surface area contributed by atoms with Crippen LogP contribution in [0, 0.1) is 0 Å². The van der Waals surface area contributed by atoms with E-state index in [9.17, 15) is 0 Å². The first-order valence-electron chi connectivity index (χ1n) is 6.81. The Balaban J connectivity index is 2.27. The molecule has 1 unspecified atom stereocenters. The Kier molecular flexibility index (Phi) is 4.58. The molecule has 2 aromatic rings. The van der Waals surface area contributed by atoms with Crippen LogP contribution in [0.25, 0.3) is 0 Å². The first-order valence-corrected chi connectivity index (χ1v) is 6.81. The van der Waals surface area contributed by atoms with Crippen molar-refractivity contribution in [1.29, 1.82) is 0 Å². The second-order valence-electron chi connectivity index (χ2n) is 4.58. The Hall–Kier alpha value is -1.80. The Labute approximate surface area is 115 Å². The standard InChI is InChI=1S/C17H21NO/c1-3-13-7-5-8-14(11-13)17(18)15-9-6-10-16(12-15)19-4-2/h5-12,17H,3-4,18H2,1-2H3. The Morgan fingerprint density at radius 1 is 1.00 bits per heavy atom. The number of benzene rings is 2. The number of hydrogen-bond acceptors (Lipinski definition) is 2. The lowest BCUT2D eigenvalue weighted by molar-refractivity contribution is 0.340. The van der Waals surface area contributed by atoms with Crippen molar-refractivity contribution in [3.05, 3.63) is 65.2 Å². The van der Waals surface area contributed by atoms with Crippen LogP contribution in [0.3, 0.4) is 0 Å². The third kappa shape index (κ3) is 3.36. The molecule has 2 rings (SSSR count). The molecule has 0 amide bonds. The van der Waals surface area contributed by atoms with Gasteiger partial charge in [-0.15, -0.1) is 0 Å². The summed E-state index contributed by atoms with van der Waals surface area (Å²) in [4.78, 5) is 0. The number of hydrogen-bond donors (Lipinski definition) is 1. The summed E-state index contributed by atoms with van der Waals surface area (Å²) in [6.07, 6.45) is 1.03. The monoisotopic (exact) mass is 255 g/mol. The summed E-state index contributed by atoms with van der Waals surface area (Å²) in [5, 5.41) is 0. The van der Waals surface area contributed by atoms with E-state index in [-0.39, 0.29) is 6.04 Å². The molecule has 0 aromatic heterocycles. The highest BCUT2D eigenvalue weighted by molar-refractivity contribution is 5.37. The van der Waals surface area contributed by atoms with Gasteiger partial charge >= 0.3 is 0 Å². The minimum absolute atomic E-state index is 0.105. The van der Waals surface area contributed by atoms with Gasteiger partial charge in [0.2, 0.25) is 0 Å². The molecule has 0 saturated heterocycles. The van der Waals surface area contributed by atoms with E-state index < -0.39 is 0 Å². The van der Waals surface area contributed by atoms with E-state index in [1.54, 1.807) is 0 Å². The Morgan fingerprint density at radius 2 is 1.68 bits per heavy atom. The largest absolute Gasteiger partial charge is 0.494 e. The zero-order valence-electron chi connectivity index (χ0n) is 11.6. The van der Waals surface area contributed by atoms with Gasteiger partial charge in [-0.2, -0.15) is 0 Å². The average Bonchev–Trinajstić information content (AvgIpc) is 2.47. The van der Waals surface area contributed by atoms with Gasteiger partial charge < -0.3 is 10.5 Å². The SMILES string of the molecule is CCOc1cccc(C(N)c2cccc(CC)c2)c1. The Bertz CT molecular complexity index is 536. The van der Waals surface area contributed by atoms with E-state index in [4.69, 9.17) is 10.5 Å². The maximum Gasteiger partial charge on any atom is 0.119 e. The van der Waals surface area contributed by atoms with Gasteiger partial charge in [0, 0.05) is 0 Å². The van der Waals surface area contributed by atoms with Crippen molar-refractivity contribution in [3.63, 3.8) is 0 Å². The van der Waals surface area contributed by atoms with Crippen molar-refractivity contribution in [2.75, 3.05) is 6.61 Å². The fraction of sp³-hybridized carbons (Fsp3) is 0.294. The third-order valence-corrected chi connectivity index (χ3v) is 3.25. The van der Waals surface area contributed by atoms with Gasteiger partial charge in [0.25, 0.3) is 0 Å². The van der Waals surface area contributed by atoms with E-state index in [1.165, 1.54) is 5.56 Å². The summed E-state index contributed by atoms with van der Waals surface area (Å²) < 4.78 is 5.52. The lowest BCUT2D eigenvalue weighted by Crippen LogP contribution is -2.12. The van der Waals surface area contributed by atoms with Crippen LogP contribution in [0.15, 0.2) is 48.5 Å². The highest BCUT2D eigenvalue weighted by atomic mass is 16.5. The van der Waals surface area contributed by atoms with Gasteiger partial charge in [-0.25, -0.2) is 0 Å². The molecular formula is C17H21NO. The molecule has 0 spiro atoms. The highest BCUT2D eigenvalue weighted by Crippen LogP contribution is 2.24. The van der Waals surface area contributed by atoms with Crippen molar-refractivity contribution in [3.8, 4) is 5.75 Å². The first kappa shape index (κ1) is 13.6. The maximum atomic E-state index is 6.35. The van der Waals surface area contributed by atoms with Crippen LogP contribution >= 0.6 is 0 Å². The number of aryl methyl sites for hydroxylation is 1. The third-order valence-electron chi connectivity index (χ3n) is 3.25. The van der Waals surface area contributed by atoms with Crippen molar-refractivity contribution in [2.24, 2.45) is 5.73 Å². The van der Waals surface area contributed by atoms with E-state index in [2.05, 4.69) is 31.2 Å². The predicted octanol–water partition coefficient (Wildman–Crippen LogP) is 3.70. The van der Waals surface area contributed by atoms with E-state index in [0.29, 0.717) is 6.61 Å². The van der Waals surface area contributed by atoms with Gasteiger partial charge in [-0.05, 0) is 42.2 Å². The fourth-order valence-electron chi connectivity index (χ4n) is 2.16. The molecule has 0 bridgehead atoms. The molecular weight excluding hydrogens is 234 g/mol. The van der Waals surface area contributed by atoms with Crippen LogP contribution in [0.5, 0.6) is 5.75 Å². The lowest BCUT2D eigenvalue weighted by Gasteiger charge is -2.15. The molecule has 0 radical (unpaired) electrons. The van der Waals surface area contributed by atoms with Crippen molar-refractivity contribution < 1.29 is 4.74 Å². The molecule has 100 valence electrons. The number of ether oxygens (including phenoxy) is 1. The van der Waals surface area contributed by atoms with E-state index in [0.717, 1.165) is 23.3 Å². The Morgan fingerprint density at radius 3 is 2.37 bits per heavy atom. The van der Waals surface area contributed by atoms with Crippen molar-refractivity contribution >= 4 is 0 Å². The van der Waals surface area contributed by atoms with Gasteiger partial charge in [-0.1, -0.05) is 43.3 Å².